The molecular weight excluding hydrogens is 232 g/mol. The van der Waals surface area contributed by atoms with E-state index in [1.165, 1.54) is 25.1 Å². The molecule has 1 N–H and O–H groups in total. The molecule has 0 spiro atoms. The molecule has 0 aliphatic rings. The van der Waals surface area contributed by atoms with Crippen LogP contribution in [-0.2, 0) is 4.79 Å². The largest absolute Gasteiger partial charge is 0.507 e. The third-order valence-electron chi connectivity index (χ3n) is 2.99. The summed E-state index contributed by atoms with van der Waals surface area (Å²) in [6.07, 6.45) is 0.656. The number of phenols is 1. The quantitative estimate of drug-likeness (QED) is 0.507. The van der Waals surface area contributed by atoms with Gasteiger partial charge in [-0.05, 0) is 45.4 Å². The smallest absolute Gasteiger partial charge is 0.316 e. The average Bonchev–Trinajstić information content (AvgIpc) is 2.31. The van der Waals surface area contributed by atoms with Gasteiger partial charge in [-0.2, -0.15) is 0 Å². The number of ketones is 1. The highest BCUT2D eigenvalue weighted by Gasteiger charge is 2.27. The standard InChI is InChI=1S/C14H18O4/c1-5-14(3,4)13(17)18-10-6-7-12(16)11(8-10)9(2)15/h6-8,16H,5H2,1-4H3. The van der Waals surface area contributed by atoms with E-state index in [2.05, 4.69) is 0 Å². The highest BCUT2D eigenvalue weighted by atomic mass is 16.5. The lowest BCUT2D eigenvalue weighted by Crippen LogP contribution is -2.28. The minimum atomic E-state index is -0.575. The Morgan fingerprint density at radius 1 is 1.33 bits per heavy atom. The first-order valence-corrected chi connectivity index (χ1v) is 5.84. The Labute approximate surface area is 107 Å². The molecule has 1 rings (SSSR count). The highest BCUT2D eigenvalue weighted by Crippen LogP contribution is 2.27. The molecule has 98 valence electrons. The number of esters is 1. The van der Waals surface area contributed by atoms with E-state index < -0.39 is 5.41 Å². The molecule has 0 bridgehead atoms. The van der Waals surface area contributed by atoms with Crippen LogP contribution < -0.4 is 4.74 Å². The van der Waals surface area contributed by atoms with Gasteiger partial charge in [-0.3, -0.25) is 9.59 Å². The van der Waals surface area contributed by atoms with Gasteiger partial charge in [-0.1, -0.05) is 6.92 Å². The van der Waals surface area contributed by atoms with Gasteiger partial charge in [0.25, 0.3) is 0 Å². The first-order chi connectivity index (χ1) is 8.27. The van der Waals surface area contributed by atoms with Crippen molar-refractivity contribution in [1.82, 2.24) is 0 Å². The Hall–Kier alpha value is -1.84. The second kappa shape index (κ2) is 5.21. The van der Waals surface area contributed by atoms with Gasteiger partial charge in [0.1, 0.15) is 11.5 Å². The van der Waals surface area contributed by atoms with Crippen LogP contribution in [-0.4, -0.2) is 16.9 Å². The summed E-state index contributed by atoms with van der Waals surface area (Å²) in [5, 5.41) is 9.48. The maximum Gasteiger partial charge on any atom is 0.316 e. The van der Waals surface area contributed by atoms with Crippen LogP contribution in [0.3, 0.4) is 0 Å². The van der Waals surface area contributed by atoms with E-state index in [0.29, 0.717) is 6.42 Å². The minimum absolute atomic E-state index is 0.114. The van der Waals surface area contributed by atoms with Crippen molar-refractivity contribution in [1.29, 1.82) is 0 Å². The summed E-state index contributed by atoms with van der Waals surface area (Å²) in [6, 6.07) is 4.19. The number of Topliss-reactive ketones (excluding diaryl/α,β-unsaturated/α-hetero) is 1. The van der Waals surface area contributed by atoms with Gasteiger partial charge in [-0.25, -0.2) is 0 Å². The van der Waals surface area contributed by atoms with Crippen LogP contribution in [0.4, 0.5) is 0 Å². The SMILES string of the molecule is CCC(C)(C)C(=O)Oc1ccc(O)c(C(C)=O)c1. The summed E-state index contributed by atoms with van der Waals surface area (Å²) in [5.74, 6) is -0.480. The summed E-state index contributed by atoms with van der Waals surface area (Å²) in [7, 11) is 0. The molecule has 18 heavy (non-hydrogen) atoms. The fourth-order valence-electron chi connectivity index (χ4n) is 1.25. The molecule has 0 fully saturated rings. The van der Waals surface area contributed by atoms with E-state index in [0.717, 1.165) is 0 Å². The molecule has 0 aliphatic heterocycles. The molecule has 0 atom stereocenters. The molecular formula is C14H18O4. The predicted molar refractivity (Wildman–Crippen MR) is 67.8 cm³/mol. The van der Waals surface area contributed by atoms with Crippen LogP contribution in [0, 0.1) is 5.41 Å². The topological polar surface area (TPSA) is 63.6 Å². The molecule has 0 radical (unpaired) electrons. The van der Waals surface area contributed by atoms with Crippen molar-refractivity contribution in [3.63, 3.8) is 0 Å². The maximum absolute atomic E-state index is 11.9. The predicted octanol–water partition coefficient (Wildman–Crippen LogP) is 2.94. The Bertz CT molecular complexity index is 475. The van der Waals surface area contributed by atoms with Crippen molar-refractivity contribution in [3.05, 3.63) is 23.8 Å². The van der Waals surface area contributed by atoms with Crippen LogP contribution in [0.2, 0.25) is 0 Å². The lowest BCUT2D eigenvalue weighted by Gasteiger charge is -2.20. The average molecular weight is 250 g/mol. The van der Waals surface area contributed by atoms with E-state index in [1.54, 1.807) is 13.8 Å². The van der Waals surface area contributed by atoms with Crippen LogP contribution in [0.25, 0.3) is 0 Å². The number of ether oxygens (including phenoxy) is 1. The van der Waals surface area contributed by atoms with Crippen molar-refractivity contribution in [2.24, 2.45) is 5.41 Å². The minimum Gasteiger partial charge on any atom is -0.507 e. The van der Waals surface area contributed by atoms with Gasteiger partial charge in [0.15, 0.2) is 5.78 Å². The lowest BCUT2D eigenvalue weighted by molar-refractivity contribution is -0.144. The fourth-order valence-corrected chi connectivity index (χ4v) is 1.25. The van der Waals surface area contributed by atoms with Gasteiger partial charge in [0.05, 0.1) is 11.0 Å². The third kappa shape index (κ3) is 3.09. The van der Waals surface area contributed by atoms with Gasteiger partial charge < -0.3 is 9.84 Å². The number of hydrogen-bond acceptors (Lipinski definition) is 4. The van der Waals surface area contributed by atoms with E-state index >= 15 is 0 Å². The molecule has 4 heteroatoms. The molecule has 4 nitrogen and oxygen atoms in total. The highest BCUT2D eigenvalue weighted by molar-refractivity contribution is 5.97. The van der Waals surface area contributed by atoms with Gasteiger partial charge in [0.2, 0.25) is 0 Å². The molecule has 0 unspecified atom stereocenters. The first-order valence-electron chi connectivity index (χ1n) is 5.84. The van der Waals surface area contributed by atoms with Gasteiger partial charge in [0, 0.05) is 0 Å². The number of rotatable bonds is 4. The maximum atomic E-state index is 11.9. The zero-order valence-electron chi connectivity index (χ0n) is 11.1. The summed E-state index contributed by atoms with van der Waals surface area (Å²) in [6.45, 7) is 6.83. The monoisotopic (exact) mass is 250 g/mol. The first kappa shape index (κ1) is 14.2. The van der Waals surface area contributed by atoms with Crippen LogP contribution in [0.15, 0.2) is 18.2 Å². The van der Waals surface area contributed by atoms with Crippen molar-refractivity contribution in [2.75, 3.05) is 0 Å². The van der Waals surface area contributed by atoms with E-state index in [1.807, 2.05) is 6.92 Å². The normalized spacial score (nSPS) is 11.1. The van der Waals surface area contributed by atoms with E-state index in [4.69, 9.17) is 4.74 Å². The number of benzene rings is 1. The Morgan fingerprint density at radius 2 is 1.94 bits per heavy atom. The molecule has 0 aromatic heterocycles. The van der Waals surface area contributed by atoms with Crippen molar-refractivity contribution in [2.45, 2.75) is 34.1 Å². The molecule has 0 amide bonds. The fraction of sp³-hybridized carbons (Fsp3) is 0.429. The van der Waals surface area contributed by atoms with Crippen LogP contribution in [0.1, 0.15) is 44.5 Å². The van der Waals surface area contributed by atoms with Crippen molar-refractivity contribution < 1.29 is 19.4 Å². The molecule has 1 aromatic carbocycles. The van der Waals surface area contributed by atoms with Crippen LogP contribution in [0.5, 0.6) is 11.5 Å². The summed E-state index contributed by atoms with van der Waals surface area (Å²) < 4.78 is 5.21. The zero-order valence-corrected chi connectivity index (χ0v) is 11.1. The summed E-state index contributed by atoms with van der Waals surface area (Å²) in [4.78, 5) is 23.1. The molecule has 0 saturated heterocycles. The van der Waals surface area contributed by atoms with E-state index in [-0.39, 0.29) is 28.8 Å². The third-order valence-corrected chi connectivity index (χ3v) is 2.99. The Balaban J connectivity index is 2.96. The Morgan fingerprint density at radius 3 is 2.44 bits per heavy atom. The van der Waals surface area contributed by atoms with Gasteiger partial charge in [-0.15, -0.1) is 0 Å². The molecule has 0 aliphatic carbocycles. The van der Waals surface area contributed by atoms with Crippen LogP contribution >= 0.6 is 0 Å². The number of carbonyl (C=O) groups excluding carboxylic acids is 2. The summed E-state index contributed by atoms with van der Waals surface area (Å²) in [5.41, 5.74) is -0.427. The number of carbonyl (C=O) groups is 2. The molecule has 0 saturated carbocycles. The van der Waals surface area contributed by atoms with Crippen molar-refractivity contribution in [3.8, 4) is 11.5 Å². The Kier molecular flexibility index (Phi) is 4.11. The molecule has 0 heterocycles. The lowest BCUT2D eigenvalue weighted by atomic mass is 9.91. The second-order valence-electron chi connectivity index (χ2n) is 4.86. The van der Waals surface area contributed by atoms with Crippen molar-refractivity contribution >= 4 is 11.8 Å². The molecule has 1 aromatic rings. The zero-order chi connectivity index (χ0) is 13.9. The number of aromatic hydroxyl groups is 1. The second-order valence-corrected chi connectivity index (χ2v) is 4.86. The van der Waals surface area contributed by atoms with E-state index in [9.17, 15) is 14.7 Å². The summed E-state index contributed by atoms with van der Waals surface area (Å²) >= 11 is 0. The van der Waals surface area contributed by atoms with Gasteiger partial charge >= 0.3 is 5.97 Å². The number of phenolic OH excluding ortho intramolecular Hbond substituents is 1. The number of hydrogen-bond donors (Lipinski definition) is 1.